The second-order valence-electron chi connectivity index (χ2n) is 6.14. The first-order valence-corrected chi connectivity index (χ1v) is 9.82. The van der Waals surface area contributed by atoms with E-state index in [1.54, 1.807) is 18.2 Å². The van der Waals surface area contributed by atoms with Gasteiger partial charge in [0, 0.05) is 16.6 Å². The van der Waals surface area contributed by atoms with E-state index in [1.165, 1.54) is 18.2 Å². The molecule has 0 aliphatic rings. The van der Waals surface area contributed by atoms with Crippen LogP contribution >= 0.6 is 0 Å². The number of H-pyrrole nitrogens is 1. The lowest BCUT2D eigenvalue weighted by molar-refractivity contribution is 0.0696. The summed E-state index contributed by atoms with van der Waals surface area (Å²) in [5, 5.41) is 17.1. The number of nitrogens with one attached hydrogen (secondary N) is 2. The fourth-order valence-electron chi connectivity index (χ4n) is 2.90. The first kappa shape index (κ1) is 17.7. The van der Waals surface area contributed by atoms with Crippen LogP contribution in [-0.4, -0.2) is 29.7 Å². The van der Waals surface area contributed by atoms with Gasteiger partial charge in [-0.2, -0.15) is 5.10 Å². The molecule has 1 heterocycles. The first-order valence-electron chi connectivity index (χ1n) is 8.34. The van der Waals surface area contributed by atoms with E-state index in [0.29, 0.717) is 11.4 Å². The van der Waals surface area contributed by atoms with Crippen molar-refractivity contribution in [1.82, 2.24) is 10.2 Å². The van der Waals surface area contributed by atoms with Gasteiger partial charge >= 0.3 is 5.97 Å². The van der Waals surface area contributed by atoms with Crippen LogP contribution in [0.5, 0.6) is 0 Å². The molecule has 0 unspecified atom stereocenters. The van der Waals surface area contributed by atoms with Gasteiger partial charge in [-0.25, -0.2) is 13.2 Å². The van der Waals surface area contributed by atoms with Crippen LogP contribution in [0.2, 0.25) is 0 Å². The van der Waals surface area contributed by atoms with Gasteiger partial charge in [-0.15, -0.1) is 0 Å². The molecule has 3 N–H and O–H groups in total. The van der Waals surface area contributed by atoms with E-state index < -0.39 is 16.0 Å². The molecule has 0 bridgehead atoms. The van der Waals surface area contributed by atoms with Crippen LogP contribution in [0.4, 0.5) is 5.69 Å². The van der Waals surface area contributed by atoms with Crippen LogP contribution in [0.15, 0.2) is 77.7 Å². The highest BCUT2D eigenvalue weighted by atomic mass is 32.2. The summed E-state index contributed by atoms with van der Waals surface area (Å²) in [5.41, 5.74) is 2.65. The minimum Gasteiger partial charge on any atom is -0.478 e. The van der Waals surface area contributed by atoms with Crippen molar-refractivity contribution in [3.63, 3.8) is 0 Å². The molecule has 28 heavy (non-hydrogen) atoms. The monoisotopic (exact) mass is 393 g/mol. The zero-order valence-electron chi connectivity index (χ0n) is 14.5. The van der Waals surface area contributed by atoms with E-state index >= 15 is 0 Å². The lowest BCUT2D eigenvalue weighted by Crippen LogP contribution is -2.13. The molecule has 4 rings (SSSR count). The molecule has 0 atom stereocenters. The number of carboxylic acid groups (broad SMARTS) is 1. The number of fused-ring (bicyclic) bond motifs is 1. The van der Waals surface area contributed by atoms with Crippen LogP contribution < -0.4 is 4.72 Å². The Morgan fingerprint density at radius 2 is 1.75 bits per heavy atom. The van der Waals surface area contributed by atoms with Crippen molar-refractivity contribution in [3.8, 4) is 11.3 Å². The van der Waals surface area contributed by atoms with Gasteiger partial charge in [0.1, 0.15) is 0 Å². The molecule has 3 aromatic carbocycles. The van der Waals surface area contributed by atoms with Gasteiger partial charge in [-0.1, -0.05) is 36.4 Å². The summed E-state index contributed by atoms with van der Waals surface area (Å²) >= 11 is 0. The number of benzene rings is 3. The third-order valence-electron chi connectivity index (χ3n) is 4.25. The number of sulfonamides is 1. The summed E-state index contributed by atoms with van der Waals surface area (Å²) in [6.45, 7) is 0. The van der Waals surface area contributed by atoms with E-state index in [4.69, 9.17) is 5.11 Å². The molecular weight excluding hydrogens is 378 g/mol. The number of aromatic nitrogens is 2. The Bertz CT molecular complexity index is 1280. The number of rotatable bonds is 5. The molecular formula is C20H15N3O4S. The Kier molecular flexibility index (Phi) is 4.32. The predicted molar refractivity (Wildman–Crippen MR) is 106 cm³/mol. The Balaban J connectivity index is 1.72. The molecule has 0 aliphatic carbocycles. The van der Waals surface area contributed by atoms with Crippen LogP contribution in [0, 0.1) is 0 Å². The summed E-state index contributed by atoms with van der Waals surface area (Å²) in [4.78, 5) is 11.0. The second kappa shape index (κ2) is 6.82. The van der Waals surface area contributed by atoms with Crippen molar-refractivity contribution >= 4 is 32.6 Å². The number of nitrogens with zero attached hydrogens (tertiary/aromatic N) is 1. The van der Waals surface area contributed by atoms with E-state index in [0.717, 1.165) is 22.5 Å². The smallest absolute Gasteiger partial charge is 0.335 e. The van der Waals surface area contributed by atoms with Crippen molar-refractivity contribution in [2.24, 2.45) is 0 Å². The van der Waals surface area contributed by atoms with Crippen LogP contribution in [0.25, 0.3) is 22.2 Å². The average Bonchev–Trinajstić information content (AvgIpc) is 3.11. The topological polar surface area (TPSA) is 112 Å². The van der Waals surface area contributed by atoms with Gasteiger partial charge in [0.25, 0.3) is 10.0 Å². The predicted octanol–water partition coefficient (Wildman–Crippen LogP) is 3.73. The maximum Gasteiger partial charge on any atom is 0.335 e. The number of carbonyl (C=O) groups is 1. The lowest BCUT2D eigenvalue weighted by Gasteiger charge is -2.09. The fourth-order valence-corrected chi connectivity index (χ4v) is 4.00. The SMILES string of the molecule is O=C(O)c1cccc(S(=O)(=O)Nc2ccc3[nH]nc(-c4ccccc4)c3c2)c1. The Labute approximate surface area is 160 Å². The van der Waals surface area contributed by atoms with Crippen molar-refractivity contribution in [2.75, 3.05) is 4.72 Å². The van der Waals surface area contributed by atoms with Gasteiger partial charge in [-0.05, 0) is 36.4 Å². The molecule has 0 aliphatic heterocycles. The van der Waals surface area contributed by atoms with Crippen LogP contribution in [0.1, 0.15) is 10.4 Å². The zero-order valence-corrected chi connectivity index (χ0v) is 15.3. The van der Waals surface area contributed by atoms with E-state index in [9.17, 15) is 13.2 Å². The second-order valence-corrected chi connectivity index (χ2v) is 7.82. The highest BCUT2D eigenvalue weighted by Gasteiger charge is 2.17. The average molecular weight is 393 g/mol. The first-order chi connectivity index (χ1) is 13.4. The number of hydrogen-bond donors (Lipinski definition) is 3. The largest absolute Gasteiger partial charge is 0.478 e. The van der Waals surface area contributed by atoms with E-state index in [-0.39, 0.29) is 10.5 Å². The summed E-state index contributed by atoms with van der Waals surface area (Å²) < 4.78 is 27.9. The maximum absolute atomic E-state index is 12.7. The third kappa shape index (κ3) is 3.33. The Hall–Kier alpha value is -3.65. The molecule has 0 saturated heterocycles. The molecule has 0 radical (unpaired) electrons. The molecule has 140 valence electrons. The summed E-state index contributed by atoms with van der Waals surface area (Å²) in [7, 11) is -3.94. The van der Waals surface area contributed by atoms with Crippen molar-refractivity contribution in [3.05, 3.63) is 78.4 Å². The van der Waals surface area contributed by atoms with Crippen molar-refractivity contribution in [2.45, 2.75) is 4.90 Å². The highest BCUT2D eigenvalue weighted by molar-refractivity contribution is 7.92. The standard InChI is InChI=1S/C20H15N3O4S/c24-20(25)14-7-4-8-16(11-14)28(26,27)23-15-9-10-18-17(12-15)19(22-21-18)13-5-2-1-3-6-13/h1-12,23H,(H,21,22)(H,24,25). The Morgan fingerprint density at radius 1 is 0.964 bits per heavy atom. The highest BCUT2D eigenvalue weighted by Crippen LogP contribution is 2.29. The van der Waals surface area contributed by atoms with E-state index in [1.807, 2.05) is 30.3 Å². The normalized spacial score (nSPS) is 11.4. The molecule has 0 fully saturated rings. The van der Waals surface area contributed by atoms with Gasteiger partial charge in [-0.3, -0.25) is 9.82 Å². The zero-order chi connectivity index (χ0) is 19.7. The van der Waals surface area contributed by atoms with E-state index in [2.05, 4.69) is 14.9 Å². The van der Waals surface area contributed by atoms with Crippen LogP contribution in [-0.2, 0) is 10.0 Å². The minimum absolute atomic E-state index is 0.0977. The quantitative estimate of drug-likeness (QED) is 0.478. The van der Waals surface area contributed by atoms with Gasteiger partial charge in [0.15, 0.2) is 0 Å². The number of aromatic amines is 1. The molecule has 0 spiro atoms. The molecule has 4 aromatic rings. The lowest BCUT2D eigenvalue weighted by atomic mass is 10.1. The molecule has 0 saturated carbocycles. The summed E-state index contributed by atoms with van der Waals surface area (Å²) in [6.07, 6.45) is 0. The molecule has 7 nitrogen and oxygen atoms in total. The van der Waals surface area contributed by atoms with Gasteiger partial charge in [0.05, 0.1) is 21.7 Å². The molecule has 8 heteroatoms. The maximum atomic E-state index is 12.7. The van der Waals surface area contributed by atoms with Crippen molar-refractivity contribution < 1.29 is 18.3 Å². The molecule has 1 aromatic heterocycles. The fraction of sp³-hybridized carbons (Fsp3) is 0. The van der Waals surface area contributed by atoms with Gasteiger partial charge in [0.2, 0.25) is 0 Å². The number of aromatic carboxylic acids is 1. The van der Waals surface area contributed by atoms with Gasteiger partial charge < -0.3 is 5.11 Å². The minimum atomic E-state index is -3.94. The summed E-state index contributed by atoms with van der Waals surface area (Å²) in [5.74, 6) is -1.19. The number of hydrogen-bond acceptors (Lipinski definition) is 4. The third-order valence-corrected chi connectivity index (χ3v) is 5.63. The Morgan fingerprint density at radius 3 is 2.50 bits per heavy atom. The van der Waals surface area contributed by atoms with Crippen LogP contribution in [0.3, 0.4) is 0 Å². The van der Waals surface area contributed by atoms with Crippen molar-refractivity contribution in [1.29, 1.82) is 0 Å². The number of carboxylic acids is 1. The molecule has 0 amide bonds. The summed E-state index contributed by atoms with van der Waals surface area (Å²) in [6, 6.07) is 19.8. The number of anilines is 1.